The fourth-order valence-corrected chi connectivity index (χ4v) is 3.26. The predicted molar refractivity (Wildman–Crippen MR) is 101 cm³/mol. The van der Waals surface area contributed by atoms with E-state index in [-0.39, 0.29) is 5.91 Å². The van der Waals surface area contributed by atoms with Gasteiger partial charge in [0.25, 0.3) is 5.91 Å². The highest BCUT2D eigenvalue weighted by Gasteiger charge is 2.15. The predicted octanol–water partition coefficient (Wildman–Crippen LogP) is 4.43. The Labute approximate surface area is 149 Å². The van der Waals surface area contributed by atoms with E-state index in [0.29, 0.717) is 11.7 Å². The van der Waals surface area contributed by atoms with Crippen LogP contribution >= 0.6 is 0 Å². The van der Waals surface area contributed by atoms with E-state index in [0.717, 1.165) is 37.2 Å². The number of nitrogens with zero attached hydrogens (tertiary/aromatic N) is 2. The molecular weight excluding hydrogens is 312 g/mol. The van der Waals surface area contributed by atoms with Gasteiger partial charge in [-0.1, -0.05) is 44.7 Å². The summed E-state index contributed by atoms with van der Waals surface area (Å²) in [6.07, 6.45) is 9.76. The minimum atomic E-state index is -0.211. The minimum absolute atomic E-state index is 0.211. The Morgan fingerprint density at radius 3 is 2.60 bits per heavy atom. The smallest absolute Gasteiger partial charge is 0.274 e. The first-order valence-electron chi connectivity index (χ1n) is 9.23. The molecule has 1 saturated carbocycles. The van der Waals surface area contributed by atoms with Gasteiger partial charge in [0, 0.05) is 17.8 Å². The molecule has 1 heterocycles. The monoisotopic (exact) mass is 338 g/mol. The van der Waals surface area contributed by atoms with Crippen molar-refractivity contribution in [2.24, 2.45) is 0 Å². The summed E-state index contributed by atoms with van der Waals surface area (Å²) in [6, 6.07) is 10.2. The maximum Gasteiger partial charge on any atom is 0.274 e. The number of rotatable bonds is 6. The van der Waals surface area contributed by atoms with Gasteiger partial charge in [0.05, 0.1) is 0 Å². The molecule has 0 atom stereocenters. The van der Waals surface area contributed by atoms with Gasteiger partial charge in [-0.3, -0.25) is 4.79 Å². The summed E-state index contributed by atoms with van der Waals surface area (Å²) < 4.78 is 0. The van der Waals surface area contributed by atoms with Crippen LogP contribution in [0.4, 0.5) is 11.5 Å². The number of benzene rings is 1. The molecule has 5 heteroatoms. The van der Waals surface area contributed by atoms with E-state index >= 15 is 0 Å². The second-order valence-electron chi connectivity index (χ2n) is 6.67. The Morgan fingerprint density at radius 1 is 1.12 bits per heavy atom. The molecule has 132 valence electrons. The Kier molecular flexibility index (Phi) is 5.99. The first kappa shape index (κ1) is 17.4. The first-order chi connectivity index (χ1) is 12.2. The van der Waals surface area contributed by atoms with Crippen LogP contribution in [0.1, 0.15) is 61.5 Å². The average molecular weight is 338 g/mol. The lowest BCUT2D eigenvalue weighted by molar-refractivity contribution is 0.102. The molecule has 1 fully saturated rings. The number of hydrogen-bond donors (Lipinski definition) is 2. The zero-order valence-electron chi connectivity index (χ0n) is 14.8. The molecule has 0 aliphatic heterocycles. The molecular formula is C20H26N4O. The normalized spacial score (nSPS) is 14.9. The van der Waals surface area contributed by atoms with Gasteiger partial charge in [-0.15, -0.1) is 0 Å². The summed E-state index contributed by atoms with van der Waals surface area (Å²) in [5.41, 5.74) is 2.44. The summed E-state index contributed by atoms with van der Waals surface area (Å²) in [5.74, 6) is 0.516. The van der Waals surface area contributed by atoms with Crippen molar-refractivity contribution in [1.29, 1.82) is 0 Å². The SMILES string of the molecule is CCCc1ccc(NC(=O)c2cc(NC3CCCCC3)ncn2)cc1. The van der Waals surface area contributed by atoms with Crippen LogP contribution in [0.15, 0.2) is 36.7 Å². The van der Waals surface area contributed by atoms with Gasteiger partial charge in [0.2, 0.25) is 0 Å². The van der Waals surface area contributed by atoms with Crippen LogP contribution in [0.3, 0.4) is 0 Å². The molecule has 2 N–H and O–H groups in total. The number of carbonyl (C=O) groups is 1. The van der Waals surface area contributed by atoms with Crippen LogP contribution in [0.25, 0.3) is 0 Å². The number of amides is 1. The number of hydrogen-bond acceptors (Lipinski definition) is 4. The lowest BCUT2D eigenvalue weighted by atomic mass is 9.95. The van der Waals surface area contributed by atoms with Crippen molar-refractivity contribution in [2.75, 3.05) is 10.6 Å². The van der Waals surface area contributed by atoms with E-state index in [9.17, 15) is 4.79 Å². The third-order valence-corrected chi connectivity index (χ3v) is 4.61. The molecule has 0 bridgehead atoms. The van der Waals surface area contributed by atoms with Crippen molar-refractivity contribution < 1.29 is 4.79 Å². The fourth-order valence-electron chi connectivity index (χ4n) is 3.26. The highest BCUT2D eigenvalue weighted by atomic mass is 16.1. The first-order valence-corrected chi connectivity index (χ1v) is 9.23. The minimum Gasteiger partial charge on any atom is -0.367 e. The number of aromatic nitrogens is 2. The van der Waals surface area contributed by atoms with E-state index < -0.39 is 0 Å². The zero-order chi connectivity index (χ0) is 17.5. The summed E-state index contributed by atoms with van der Waals surface area (Å²) >= 11 is 0. The maximum atomic E-state index is 12.4. The quantitative estimate of drug-likeness (QED) is 0.818. The molecule has 0 radical (unpaired) electrons. The van der Waals surface area contributed by atoms with E-state index in [1.165, 1.54) is 31.2 Å². The van der Waals surface area contributed by atoms with Crippen LogP contribution in [0, 0.1) is 0 Å². The van der Waals surface area contributed by atoms with Crippen LogP contribution in [0.5, 0.6) is 0 Å². The number of carbonyl (C=O) groups excluding carboxylic acids is 1. The zero-order valence-corrected chi connectivity index (χ0v) is 14.8. The third-order valence-electron chi connectivity index (χ3n) is 4.61. The number of aryl methyl sites for hydroxylation is 1. The van der Waals surface area contributed by atoms with Crippen molar-refractivity contribution in [1.82, 2.24) is 9.97 Å². The highest BCUT2D eigenvalue weighted by molar-refractivity contribution is 6.03. The Balaban J connectivity index is 1.62. The molecule has 3 rings (SSSR count). The molecule has 0 spiro atoms. The van der Waals surface area contributed by atoms with Crippen LogP contribution in [0.2, 0.25) is 0 Å². The lowest BCUT2D eigenvalue weighted by Crippen LogP contribution is -2.23. The van der Waals surface area contributed by atoms with Crippen molar-refractivity contribution >= 4 is 17.4 Å². The molecule has 0 saturated heterocycles. The summed E-state index contributed by atoms with van der Waals surface area (Å²) in [6.45, 7) is 2.16. The van der Waals surface area contributed by atoms with E-state index in [2.05, 4.69) is 39.7 Å². The highest BCUT2D eigenvalue weighted by Crippen LogP contribution is 2.21. The largest absolute Gasteiger partial charge is 0.367 e. The second-order valence-corrected chi connectivity index (χ2v) is 6.67. The van der Waals surface area contributed by atoms with Crippen molar-refractivity contribution in [3.8, 4) is 0 Å². The van der Waals surface area contributed by atoms with Crippen molar-refractivity contribution in [2.45, 2.75) is 57.9 Å². The van der Waals surface area contributed by atoms with Gasteiger partial charge in [0.1, 0.15) is 17.8 Å². The average Bonchev–Trinajstić information content (AvgIpc) is 2.65. The summed E-state index contributed by atoms with van der Waals surface area (Å²) in [4.78, 5) is 20.8. The molecule has 1 amide bonds. The fraction of sp³-hybridized carbons (Fsp3) is 0.450. The molecule has 2 aromatic rings. The summed E-state index contributed by atoms with van der Waals surface area (Å²) in [5, 5.41) is 6.33. The van der Waals surface area contributed by atoms with Crippen LogP contribution in [-0.4, -0.2) is 21.9 Å². The lowest BCUT2D eigenvalue weighted by Gasteiger charge is -2.23. The molecule has 1 aromatic heterocycles. The Hall–Kier alpha value is -2.43. The van der Waals surface area contributed by atoms with Gasteiger partial charge in [-0.05, 0) is 37.0 Å². The topological polar surface area (TPSA) is 66.9 Å². The maximum absolute atomic E-state index is 12.4. The van der Waals surface area contributed by atoms with Gasteiger partial charge in [-0.2, -0.15) is 0 Å². The van der Waals surface area contributed by atoms with Gasteiger partial charge in [-0.25, -0.2) is 9.97 Å². The van der Waals surface area contributed by atoms with Crippen molar-refractivity contribution in [3.63, 3.8) is 0 Å². The van der Waals surface area contributed by atoms with Crippen LogP contribution < -0.4 is 10.6 Å². The number of anilines is 2. The molecule has 5 nitrogen and oxygen atoms in total. The standard InChI is InChI=1S/C20H26N4O/c1-2-6-15-9-11-17(12-10-15)24-20(25)18-13-19(22-14-21-18)23-16-7-4-3-5-8-16/h9-14,16H,2-8H2,1H3,(H,24,25)(H,21,22,23). The van der Waals surface area contributed by atoms with Gasteiger partial charge < -0.3 is 10.6 Å². The van der Waals surface area contributed by atoms with E-state index in [1.54, 1.807) is 6.07 Å². The van der Waals surface area contributed by atoms with Gasteiger partial charge >= 0.3 is 0 Å². The molecule has 0 unspecified atom stereocenters. The van der Waals surface area contributed by atoms with Crippen LogP contribution in [-0.2, 0) is 6.42 Å². The number of nitrogens with one attached hydrogen (secondary N) is 2. The Bertz CT molecular complexity index is 693. The van der Waals surface area contributed by atoms with E-state index in [1.807, 2.05) is 12.1 Å². The molecule has 1 aromatic carbocycles. The Morgan fingerprint density at radius 2 is 1.88 bits per heavy atom. The van der Waals surface area contributed by atoms with Crippen molar-refractivity contribution in [3.05, 3.63) is 47.9 Å². The molecule has 25 heavy (non-hydrogen) atoms. The van der Waals surface area contributed by atoms with E-state index in [4.69, 9.17) is 0 Å². The summed E-state index contributed by atoms with van der Waals surface area (Å²) in [7, 11) is 0. The second kappa shape index (κ2) is 8.60. The third kappa shape index (κ3) is 5.02. The van der Waals surface area contributed by atoms with Gasteiger partial charge in [0.15, 0.2) is 0 Å². The molecule has 1 aliphatic carbocycles. The molecule has 1 aliphatic rings.